The van der Waals surface area contributed by atoms with Gasteiger partial charge in [-0.3, -0.25) is 14.9 Å². The first-order chi connectivity index (χ1) is 10.5. The summed E-state index contributed by atoms with van der Waals surface area (Å²) in [6.07, 6.45) is 0.612. The minimum absolute atomic E-state index is 0.0304. The molecule has 2 N–H and O–H groups in total. The Morgan fingerprint density at radius 1 is 1.30 bits per heavy atom. The molecule has 23 heavy (non-hydrogen) atoms. The number of aliphatic hydroxyl groups excluding tert-OH is 1. The van der Waals surface area contributed by atoms with Gasteiger partial charge in [0.1, 0.15) is 0 Å². The zero-order valence-corrected chi connectivity index (χ0v) is 14.7. The lowest BCUT2D eigenvalue weighted by Crippen LogP contribution is -2.40. The summed E-state index contributed by atoms with van der Waals surface area (Å²) in [5.41, 5.74) is 1.82. The van der Waals surface area contributed by atoms with Crippen LogP contribution in [0.15, 0.2) is 6.07 Å². The van der Waals surface area contributed by atoms with E-state index >= 15 is 0 Å². The number of benzene rings is 1. The quantitative estimate of drug-likeness (QED) is 0.643. The van der Waals surface area contributed by atoms with E-state index < -0.39 is 4.92 Å². The van der Waals surface area contributed by atoms with Crippen LogP contribution in [0, 0.1) is 36.3 Å². The summed E-state index contributed by atoms with van der Waals surface area (Å²) in [5.74, 6) is -0.383. The summed E-state index contributed by atoms with van der Waals surface area (Å²) in [7, 11) is 0. The molecule has 0 aliphatic rings. The highest BCUT2D eigenvalue weighted by Gasteiger charge is 2.26. The van der Waals surface area contributed by atoms with Crippen molar-refractivity contribution in [3.63, 3.8) is 0 Å². The third-order valence-electron chi connectivity index (χ3n) is 3.76. The number of amides is 1. The maximum Gasteiger partial charge on any atom is 0.275 e. The smallest absolute Gasteiger partial charge is 0.275 e. The van der Waals surface area contributed by atoms with Crippen LogP contribution in [0.5, 0.6) is 0 Å². The molecule has 1 rings (SSSR count). The number of aryl methyl sites for hydroxylation is 2. The highest BCUT2D eigenvalue weighted by Crippen LogP contribution is 2.29. The van der Waals surface area contributed by atoms with Gasteiger partial charge in [0, 0.05) is 11.1 Å². The number of aliphatic hydroxyl groups is 1. The fraction of sp³-hybridized carbons (Fsp3) is 0.588. The van der Waals surface area contributed by atoms with Crippen LogP contribution in [0.1, 0.15) is 54.2 Å². The molecule has 1 aromatic rings. The molecule has 6 heteroatoms. The minimum atomic E-state index is -0.459. The van der Waals surface area contributed by atoms with Crippen molar-refractivity contribution in [2.45, 2.75) is 54.0 Å². The molecule has 128 valence electrons. The number of carbonyl (C=O) groups is 1. The van der Waals surface area contributed by atoms with Gasteiger partial charge < -0.3 is 10.4 Å². The number of hydrogen-bond acceptors (Lipinski definition) is 4. The van der Waals surface area contributed by atoms with Crippen molar-refractivity contribution in [2.24, 2.45) is 5.41 Å². The maximum absolute atomic E-state index is 12.6. The number of hydrogen-bond donors (Lipinski definition) is 2. The lowest BCUT2D eigenvalue weighted by atomic mass is 9.88. The molecule has 1 unspecified atom stereocenters. The van der Waals surface area contributed by atoms with Crippen molar-refractivity contribution in [2.75, 3.05) is 6.61 Å². The van der Waals surface area contributed by atoms with Crippen molar-refractivity contribution < 1.29 is 14.8 Å². The normalized spacial score (nSPS) is 12.8. The highest BCUT2D eigenvalue weighted by molar-refractivity contribution is 5.98. The largest absolute Gasteiger partial charge is 0.394 e. The summed E-state index contributed by atoms with van der Waals surface area (Å²) >= 11 is 0. The van der Waals surface area contributed by atoms with Gasteiger partial charge in [-0.1, -0.05) is 20.8 Å². The van der Waals surface area contributed by atoms with E-state index in [9.17, 15) is 20.0 Å². The topological polar surface area (TPSA) is 92.5 Å². The van der Waals surface area contributed by atoms with Crippen LogP contribution >= 0.6 is 0 Å². The fourth-order valence-corrected chi connectivity index (χ4v) is 2.96. The van der Waals surface area contributed by atoms with Gasteiger partial charge in [-0.25, -0.2) is 0 Å². The molecular weight excluding hydrogens is 296 g/mol. The first-order valence-electron chi connectivity index (χ1n) is 7.65. The van der Waals surface area contributed by atoms with E-state index in [0.717, 1.165) is 0 Å². The second kappa shape index (κ2) is 7.08. The number of nitrogens with one attached hydrogen (secondary N) is 1. The van der Waals surface area contributed by atoms with Gasteiger partial charge in [0.25, 0.3) is 11.6 Å². The van der Waals surface area contributed by atoms with Crippen LogP contribution < -0.4 is 5.32 Å². The number of nitrogens with zero attached hydrogens (tertiary/aromatic N) is 1. The molecule has 0 saturated carbocycles. The zero-order chi connectivity index (χ0) is 17.9. The van der Waals surface area contributed by atoms with Crippen LogP contribution in [-0.4, -0.2) is 28.6 Å². The van der Waals surface area contributed by atoms with E-state index in [2.05, 4.69) is 5.32 Å². The van der Waals surface area contributed by atoms with Gasteiger partial charge in [0.05, 0.1) is 23.1 Å². The molecule has 1 atom stereocenters. The third kappa shape index (κ3) is 4.76. The van der Waals surface area contributed by atoms with Crippen LogP contribution in [-0.2, 0) is 0 Å². The van der Waals surface area contributed by atoms with Crippen LogP contribution in [0.2, 0.25) is 0 Å². The van der Waals surface area contributed by atoms with Crippen LogP contribution in [0.25, 0.3) is 0 Å². The summed E-state index contributed by atoms with van der Waals surface area (Å²) < 4.78 is 0. The van der Waals surface area contributed by atoms with Crippen molar-refractivity contribution in [1.82, 2.24) is 5.32 Å². The second-order valence-corrected chi connectivity index (χ2v) is 7.23. The molecule has 0 saturated heterocycles. The third-order valence-corrected chi connectivity index (χ3v) is 3.76. The van der Waals surface area contributed by atoms with E-state index in [1.165, 1.54) is 0 Å². The molecule has 0 spiro atoms. The Bertz CT molecular complexity index is 618. The first-order valence-corrected chi connectivity index (χ1v) is 7.65. The Labute approximate surface area is 137 Å². The average molecular weight is 322 g/mol. The molecule has 0 aromatic heterocycles. The van der Waals surface area contributed by atoms with Gasteiger partial charge in [0.15, 0.2) is 0 Å². The van der Waals surface area contributed by atoms with Crippen molar-refractivity contribution in [1.29, 1.82) is 0 Å². The van der Waals surface area contributed by atoms with Crippen molar-refractivity contribution in [3.8, 4) is 0 Å². The maximum atomic E-state index is 12.6. The highest BCUT2D eigenvalue weighted by atomic mass is 16.6. The molecule has 6 nitrogen and oxygen atoms in total. The second-order valence-electron chi connectivity index (χ2n) is 7.23. The lowest BCUT2D eigenvalue weighted by Gasteiger charge is -2.26. The average Bonchev–Trinajstić information content (AvgIpc) is 2.34. The molecule has 0 bridgehead atoms. The number of nitro groups is 1. The van der Waals surface area contributed by atoms with Gasteiger partial charge in [-0.05, 0) is 44.2 Å². The summed E-state index contributed by atoms with van der Waals surface area (Å²) in [4.78, 5) is 23.4. The summed E-state index contributed by atoms with van der Waals surface area (Å²) in [6.45, 7) is 10.9. The van der Waals surface area contributed by atoms with Crippen molar-refractivity contribution in [3.05, 3.63) is 38.4 Å². The Kier molecular flexibility index (Phi) is 5.88. The Balaban J connectivity index is 3.18. The van der Waals surface area contributed by atoms with Gasteiger partial charge in [0.2, 0.25) is 0 Å². The number of rotatable bonds is 5. The van der Waals surface area contributed by atoms with E-state index in [1.807, 2.05) is 20.8 Å². The number of nitro benzene ring substituents is 1. The predicted molar refractivity (Wildman–Crippen MR) is 89.7 cm³/mol. The monoisotopic (exact) mass is 322 g/mol. The predicted octanol–water partition coefficient (Wildman–Crippen LogP) is 3.05. The first kappa shape index (κ1) is 19.1. The summed E-state index contributed by atoms with van der Waals surface area (Å²) in [5, 5.41) is 23.5. The van der Waals surface area contributed by atoms with Crippen molar-refractivity contribution >= 4 is 11.6 Å². The van der Waals surface area contributed by atoms with Crippen LogP contribution in [0.3, 0.4) is 0 Å². The molecule has 0 fully saturated rings. The van der Waals surface area contributed by atoms with E-state index in [-0.39, 0.29) is 29.7 Å². The van der Waals surface area contributed by atoms with Gasteiger partial charge >= 0.3 is 0 Å². The minimum Gasteiger partial charge on any atom is -0.394 e. The standard InChI is InChI=1S/C17H26N2O4/c1-10-7-11(2)15(19(22)23)12(3)14(10)16(21)18-13(9-20)8-17(4,5)6/h7,13,20H,8-9H2,1-6H3,(H,18,21). The molecule has 1 amide bonds. The molecule has 1 aromatic carbocycles. The fourth-order valence-electron chi connectivity index (χ4n) is 2.96. The Morgan fingerprint density at radius 2 is 1.87 bits per heavy atom. The summed E-state index contributed by atoms with van der Waals surface area (Å²) in [6, 6.07) is 1.26. The zero-order valence-electron chi connectivity index (χ0n) is 14.7. The van der Waals surface area contributed by atoms with E-state index in [4.69, 9.17) is 0 Å². The van der Waals surface area contributed by atoms with Gasteiger partial charge in [-0.2, -0.15) is 0 Å². The van der Waals surface area contributed by atoms with Gasteiger partial charge in [-0.15, -0.1) is 0 Å². The molecule has 0 aliphatic carbocycles. The van der Waals surface area contributed by atoms with Crippen LogP contribution in [0.4, 0.5) is 5.69 Å². The Morgan fingerprint density at radius 3 is 2.30 bits per heavy atom. The SMILES string of the molecule is Cc1cc(C)c([N+](=O)[O-])c(C)c1C(=O)NC(CO)CC(C)(C)C. The number of carbonyl (C=O) groups excluding carboxylic acids is 1. The molecule has 0 radical (unpaired) electrons. The van der Waals surface area contributed by atoms with E-state index in [0.29, 0.717) is 28.7 Å². The molecule has 0 heterocycles. The van der Waals surface area contributed by atoms with E-state index in [1.54, 1.807) is 26.8 Å². The lowest BCUT2D eigenvalue weighted by molar-refractivity contribution is -0.386. The molecule has 0 aliphatic heterocycles. The Hall–Kier alpha value is -1.95. The molecular formula is C17H26N2O4.